The number of aromatic amines is 2. The fourth-order valence-electron chi connectivity index (χ4n) is 7.14. The van der Waals surface area contributed by atoms with Crippen LogP contribution in [0.1, 0.15) is 102 Å². The first kappa shape index (κ1) is 32.0. The highest BCUT2D eigenvalue weighted by molar-refractivity contribution is 5.76. The number of nitrogens with zero attached hydrogens (tertiary/aromatic N) is 4. The molecule has 2 aromatic heterocycles. The number of hydrogen-bond donors (Lipinski definition) is 2. The van der Waals surface area contributed by atoms with E-state index in [1.165, 1.54) is 5.56 Å². The zero-order valence-corrected chi connectivity index (χ0v) is 28.9. The van der Waals surface area contributed by atoms with Crippen LogP contribution in [-0.2, 0) is 22.3 Å². The van der Waals surface area contributed by atoms with Crippen LogP contribution in [-0.4, -0.2) is 66.2 Å². The number of amides is 2. The van der Waals surface area contributed by atoms with Gasteiger partial charge in [-0.3, -0.25) is 9.80 Å². The van der Waals surface area contributed by atoms with E-state index in [0.717, 1.165) is 89.5 Å². The number of rotatable bonds is 4. The van der Waals surface area contributed by atoms with Crippen LogP contribution in [0.25, 0.3) is 33.6 Å². The van der Waals surface area contributed by atoms with E-state index in [4.69, 9.17) is 14.5 Å². The van der Waals surface area contributed by atoms with Gasteiger partial charge in [-0.25, -0.2) is 19.6 Å². The van der Waals surface area contributed by atoms with E-state index in [2.05, 4.69) is 57.4 Å². The van der Waals surface area contributed by atoms with Gasteiger partial charge in [0.2, 0.25) is 0 Å². The number of imidazole rings is 2. The zero-order valence-electron chi connectivity index (χ0n) is 28.9. The van der Waals surface area contributed by atoms with Gasteiger partial charge < -0.3 is 19.4 Å². The van der Waals surface area contributed by atoms with Crippen molar-refractivity contribution in [2.45, 2.75) is 103 Å². The lowest BCUT2D eigenvalue weighted by molar-refractivity contribution is 0.0208. The van der Waals surface area contributed by atoms with E-state index >= 15 is 0 Å². The van der Waals surface area contributed by atoms with Gasteiger partial charge >= 0.3 is 12.2 Å². The Balaban J connectivity index is 1.06. The molecule has 0 spiro atoms. The van der Waals surface area contributed by atoms with Crippen LogP contribution in [0.5, 0.6) is 0 Å². The Kier molecular flexibility index (Phi) is 8.08. The van der Waals surface area contributed by atoms with Crippen LogP contribution >= 0.6 is 0 Å². The summed E-state index contributed by atoms with van der Waals surface area (Å²) in [7, 11) is 0. The van der Waals surface area contributed by atoms with Crippen LogP contribution in [0.15, 0.2) is 48.7 Å². The minimum Gasteiger partial charge on any atom is -0.444 e. The smallest absolute Gasteiger partial charge is 0.410 e. The Morgan fingerprint density at radius 3 is 1.96 bits per heavy atom. The summed E-state index contributed by atoms with van der Waals surface area (Å²) in [5, 5.41) is 0. The normalized spacial score (nSPS) is 19.3. The molecule has 1 aliphatic carbocycles. The lowest BCUT2D eigenvalue weighted by atomic mass is 9.89. The summed E-state index contributed by atoms with van der Waals surface area (Å²) in [5.74, 6) is 1.64. The van der Waals surface area contributed by atoms with Crippen molar-refractivity contribution >= 4 is 12.2 Å². The molecule has 2 saturated heterocycles. The minimum atomic E-state index is -0.536. The van der Waals surface area contributed by atoms with Gasteiger partial charge in [0.25, 0.3) is 0 Å². The molecule has 10 heteroatoms. The lowest BCUT2D eigenvalue weighted by Gasteiger charge is -2.27. The summed E-state index contributed by atoms with van der Waals surface area (Å²) in [4.78, 5) is 46.1. The molecule has 2 amide bonds. The minimum absolute atomic E-state index is 0.0975. The highest BCUT2D eigenvalue weighted by Gasteiger charge is 2.37. The van der Waals surface area contributed by atoms with Gasteiger partial charge in [0.1, 0.15) is 22.9 Å². The van der Waals surface area contributed by atoms with Gasteiger partial charge in [0.05, 0.1) is 29.7 Å². The largest absolute Gasteiger partial charge is 0.444 e. The Morgan fingerprint density at radius 1 is 0.750 bits per heavy atom. The van der Waals surface area contributed by atoms with Crippen molar-refractivity contribution in [1.29, 1.82) is 0 Å². The average molecular weight is 651 g/mol. The number of ether oxygens (including phenoxy) is 2. The van der Waals surface area contributed by atoms with Crippen molar-refractivity contribution in [2.75, 3.05) is 13.1 Å². The maximum Gasteiger partial charge on any atom is 0.410 e. The molecule has 48 heavy (non-hydrogen) atoms. The number of aryl methyl sites for hydroxylation is 2. The molecule has 0 radical (unpaired) electrons. The Hall–Kier alpha value is -4.60. The molecule has 0 unspecified atom stereocenters. The average Bonchev–Trinajstić information content (AvgIpc) is 3.84. The van der Waals surface area contributed by atoms with Gasteiger partial charge in [-0.05, 0) is 102 Å². The van der Waals surface area contributed by atoms with Gasteiger partial charge in [-0.1, -0.05) is 42.5 Å². The van der Waals surface area contributed by atoms with Crippen LogP contribution < -0.4 is 0 Å². The predicted molar refractivity (Wildman–Crippen MR) is 184 cm³/mol. The summed E-state index contributed by atoms with van der Waals surface area (Å²) in [6.07, 6.45) is 6.67. The number of carbonyl (C=O) groups is 2. The van der Waals surface area contributed by atoms with Crippen LogP contribution in [0.2, 0.25) is 0 Å². The van der Waals surface area contributed by atoms with Crippen LogP contribution in [0, 0.1) is 0 Å². The van der Waals surface area contributed by atoms with Gasteiger partial charge in [0.15, 0.2) is 0 Å². The van der Waals surface area contributed by atoms with Gasteiger partial charge in [0, 0.05) is 24.3 Å². The second kappa shape index (κ2) is 12.1. The van der Waals surface area contributed by atoms with E-state index in [1.54, 1.807) is 4.90 Å². The quantitative estimate of drug-likeness (QED) is 0.229. The predicted octanol–water partition coefficient (Wildman–Crippen LogP) is 8.38. The van der Waals surface area contributed by atoms with E-state index in [9.17, 15) is 9.59 Å². The molecule has 3 aliphatic rings. The number of benzene rings is 2. The Morgan fingerprint density at radius 2 is 1.33 bits per heavy atom. The third kappa shape index (κ3) is 6.44. The molecule has 2 fully saturated rings. The van der Waals surface area contributed by atoms with Gasteiger partial charge in [-0.2, -0.15) is 0 Å². The SMILES string of the molecule is CC(C)(C)OC(=O)N1CCC[C@H]1c1ncc(-c2ccc(-c3ccc4c(c3)CCc3[nH]c([C@@H]5CCCN5C(=O)OC(C)(C)C)nc3-4)cc2)[nH]1. The Labute approximate surface area is 282 Å². The molecule has 2 aliphatic heterocycles. The second-order valence-electron chi connectivity index (χ2n) is 15.2. The fraction of sp³-hybridized carbons (Fsp3) is 0.474. The molecule has 4 heterocycles. The third-order valence-electron chi connectivity index (χ3n) is 9.32. The second-order valence-corrected chi connectivity index (χ2v) is 15.2. The molecule has 10 nitrogen and oxygen atoms in total. The topological polar surface area (TPSA) is 116 Å². The monoisotopic (exact) mass is 650 g/mol. The fourth-order valence-corrected chi connectivity index (χ4v) is 7.14. The summed E-state index contributed by atoms with van der Waals surface area (Å²) >= 11 is 0. The Bertz CT molecular complexity index is 1830. The molecule has 0 bridgehead atoms. The summed E-state index contributed by atoms with van der Waals surface area (Å²) < 4.78 is 11.3. The van der Waals surface area contributed by atoms with Crippen molar-refractivity contribution in [3.05, 3.63) is 71.6 Å². The van der Waals surface area contributed by atoms with Crippen LogP contribution in [0.4, 0.5) is 9.59 Å². The van der Waals surface area contributed by atoms with Gasteiger partial charge in [-0.15, -0.1) is 0 Å². The number of H-pyrrole nitrogens is 2. The van der Waals surface area contributed by atoms with Crippen molar-refractivity contribution in [1.82, 2.24) is 29.7 Å². The third-order valence-corrected chi connectivity index (χ3v) is 9.32. The number of likely N-dealkylation sites (tertiary alicyclic amines) is 2. The zero-order chi connectivity index (χ0) is 33.8. The molecule has 4 aromatic rings. The first-order valence-electron chi connectivity index (χ1n) is 17.2. The number of carbonyl (C=O) groups excluding carboxylic acids is 2. The molecular weight excluding hydrogens is 604 g/mol. The summed E-state index contributed by atoms with van der Waals surface area (Å²) in [6, 6.07) is 14.9. The van der Waals surface area contributed by atoms with E-state index < -0.39 is 11.2 Å². The number of hydrogen-bond acceptors (Lipinski definition) is 6. The van der Waals surface area contributed by atoms with Crippen molar-refractivity contribution in [3.8, 4) is 33.6 Å². The highest BCUT2D eigenvalue weighted by Crippen LogP contribution is 2.39. The number of fused-ring (bicyclic) bond motifs is 3. The highest BCUT2D eigenvalue weighted by atomic mass is 16.6. The van der Waals surface area contributed by atoms with Crippen LogP contribution in [0.3, 0.4) is 0 Å². The first-order valence-corrected chi connectivity index (χ1v) is 17.2. The molecule has 2 N–H and O–H groups in total. The summed E-state index contributed by atoms with van der Waals surface area (Å²) in [5.41, 5.74) is 7.76. The van der Waals surface area contributed by atoms with Crippen molar-refractivity contribution < 1.29 is 19.1 Å². The maximum absolute atomic E-state index is 12.9. The molecule has 7 rings (SSSR count). The van der Waals surface area contributed by atoms with E-state index in [1.807, 2.05) is 52.6 Å². The molecule has 252 valence electrons. The van der Waals surface area contributed by atoms with E-state index in [-0.39, 0.29) is 24.3 Å². The molecule has 0 saturated carbocycles. The standard InChI is InChI=1S/C38H46N6O4/c1-37(2,3)47-35(45)43-19-7-9-30(43)33-39-22-29(41-33)24-13-11-23(12-14-24)25-15-17-27-26(21-25)16-18-28-32(27)42-34(40-28)31-10-8-20-44(31)36(46)48-38(4,5)6/h11-15,17,21-22,30-31H,7-10,16,18-20H2,1-6H3,(H,39,41)(H,40,42)/t30-,31-/m0/s1. The van der Waals surface area contributed by atoms with Crippen molar-refractivity contribution in [2.24, 2.45) is 0 Å². The lowest BCUT2D eigenvalue weighted by Crippen LogP contribution is -2.36. The number of nitrogens with one attached hydrogen (secondary N) is 2. The van der Waals surface area contributed by atoms with E-state index in [0.29, 0.717) is 13.1 Å². The summed E-state index contributed by atoms with van der Waals surface area (Å²) in [6.45, 7) is 12.7. The molecule has 2 aromatic carbocycles. The molecular formula is C38H46N6O4. The number of aromatic nitrogens is 4. The first-order chi connectivity index (χ1) is 22.8. The molecule has 2 atom stereocenters. The van der Waals surface area contributed by atoms with Crippen molar-refractivity contribution in [3.63, 3.8) is 0 Å². The maximum atomic E-state index is 12.9.